The normalized spacial score (nSPS) is 10.5. The standard InChI is InChI=1S/C17H13BrN2O/c18-15-8-6-13(7-9-15)16(21)12-20-11-10-19-17(20)14-4-2-1-3-5-14/h1-11H,12H2. The van der Waals surface area contributed by atoms with E-state index in [1.807, 2.05) is 65.4 Å². The van der Waals surface area contributed by atoms with Crippen molar-refractivity contribution in [3.63, 3.8) is 0 Å². The van der Waals surface area contributed by atoms with Gasteiger partial charge in [0.05, 0.1) is 6.54 Å². The van der Waals surface area contributed by atoms with Gasteiger partial charge in [0, 0.05) is 28.0 Å². The summed E-state index contributed by atoms with van der Waals surface area (Å²) in [7, 11) is 0. The number of imidazole rings is 1. The molecule has 0 saturated carbocycles. The molecule has 0 N–H and O–H groups in total. The van der Waals surface area contributed by atoms with Crippen LogP contribution in [-0.2, 0) is 6.54 Å². The molecule has 0 fully saturated rings. The Labute approximate surface area is 131 Å². The molecule has 0 amide bonds. The minimum Gasteiger partial charge on any atom is -0.323 e. The molecular weight excluding hydrogens is 328 g/mol. The summed E-state index contributed by atoms with van der Waals surface area (Å²) < 4.78 is 2.84. The molecule has 21 heavy (non-hydrogen) atoms. The molecule has 0 bridgehead atoms. The van der Waals surface area contributed by atoms with Crippen molar-refractivity contribution >= 4 is 21.7 Å². The summed E-state index contributed by atoms with van der Waals surface area (Å²) in [5.74, 6) is 0.874. The molecule has 2 aromatic carbocycles. The zero-order valence-corrected chi connectivity index (χ0v) is 12.8. The van der Waals surface area contributed by atoms with Gasteiger partial charge in [-0.15, -0.1) is 0 Å². The van der Waals surface area contributed by atoms with Gasteiger partial charge in [0.2, 0.25) is 0 Å². The number of halogens is 1. The minimum atomic E-state index is 0.0673. The molecule has 4 heteroatoms. The maximum absolute atomic E-state index is 12.3. The number of hydrogen-bond acceptors (Lipinski definition) is 2. The molecule has 0 aliphatic carbocycles. The quantitative estimate of drug-likeness (QED) is 0.667. The monoisotopic (exact) mass is 340 g/mol. The fourth-order valence-corrected chi connectivity index (χ4v) is 2.43. The van der Waals surface area contributed by atoms with Gasteiger partial charge in [0.1, 0.15) is 5.82 Å². The van der Waals surface area contributed by atoms with Crippen LogP contribution in [0.3, 0.4) is 0 Å². The van der Waals surface area contributed by atoms with Gasteiger partial charge in [0.15, 0.2) is 5.78 Å². The summed E-state index contributed by atoms with van der Waals surface area (Å²) in [5.41, 5.74) is 1.71. The van der Waals surface area contributed by atoms with Crippen LogP contribution in [0.5, 0.6) is 0 Å². The molecule has 104 valence electrons. The number of benzene rings is 2. The first-order chi connectivity index (χ1) is 10.2. The minimum absolute atomic E-state index is 0.0673. The molecule has 0 unspecified atom stereocenters. The maximum atomic E-state index is 12.3. The summed E-state index contributed by atoms with van der Waals surface area (Å²) in [5, 5.41) is 0. The van der Waals surface area contributed by atoms with E-state index in [1.165, 1.54) is 0 Å². The number of ketones is 1. The van der Waals surface area contributed by atoms with E-state index in [9.17, 15) is 4.79 Å². The number of Topliss-reactive ketones (excluding diaryl/α,β-unsaturated/α-hetero) is 1. The van der Waals surface area contributed by atoms with Gasteiger partial charge in [-0.25, -0.2) is 4.98 Å². The second-order valence-corrected chi connectivity index (χ2v) is 5.59. The fourth-order valence-electron chi connectivity index (χ4n) is 2.17. The Balaban J connectivity index is 1.85. The predicted molar refractivity (Wildman–Crippen MR) is 86.1 cm³/mol. The Hall–Kier alpha value is -2.20. The molecule has 1 heterocycles. The molecule has 1 aromatic heterocycles. The Morgan fingerprint density at radius 1 is 1.05 bits per heavy atom. The predicted octanol–water partition coefficient (Wildman–Crippen LogP) is 4.20. The maximum Gasteiger partial charge on any atom is 0.182 e. The molecule has 0 spiro atoms. The lowest BCUT2D eigenvalue weighted by Gasteiger charge is -2.07. The zero-order valence-electron chi connectivity index (χ0n) is 11.2. The molecule has 3 aromatic rings. The first kappa shape index (κ1) is 13.8. The van der Waals surface area contributed by atoms with Crippen LogP contribution in [0.1, 0.15) is 10.4 Å². The Kier molecular flexibility index (Phi) is 3.97. The lowest BCUT2D eigenvalue weighted by Crippen LogP contribution is -2.10. The highest BCUT2D eigenvalue weighted by Crippen LogP contribution is 2.18. The Morgan fingerprint density at radius 2 is 1.76 bits per heavy atom. The van der Waals surface area contributed by atoms with E-state index in [-0.39, 0.29) is 12.3 Å². The molecule has 3 rings (SSSR count). The van der Waals surface area contributed by atoms with Gasteiger partial charge < -0.3 is 4.57 Å². The van der Waals surface area contributed by atoms with Crippen LogP contribution < -0.4 is 0 Å². The summed E-state index contributed by atoms with van der Waals surface area (Å²) >= 11 is 3.37. The van der Waals surface area contributed by atoms with Crippen LogP contribution in [0.15, 0.2) is 71.5 Å². The van der Waals surface area contributed by atoms with E-state index in [4.69, 9.17) is 0 Å². The van der Waals surface area contributed by atoms with E-state index in [0.29, 0.717) is 5.56 Å². The van der Waals surface area contributed by atoms with Crippen LogP contribution in [0, 0.1) is 0 Å². The molecule has 0 radical (unpaired) electrons. The van der Waals surface area contributed by atoms with Gasteiger partial charge in [0.25, 0.3) is 0 Å². The van der Waals surface area contributed by atoms with E-state index >= 15 is 0 Å². The van der Waals surface area contributed by atoms with Crippen molar-refractivity contribution in [3.05, 3.63) is 77.0 Å². The van der Waals surface area contributed by atoms with E-state index < -0.39 is 0 Å². The highest BCUT2D eigenvalue weighted by molar-refractivity contribution is 9.10. The van der Waals surface area contributed by atoms with Gasteiger partial charge in [-0.2, -0.15) is 0 Å². The molecule has 3 nitrogen and oxygen atoms in total. The average molecular weight is 341 g/mol. The summed E-state index contributed by atoms with van der Waals surface area (Å²) in [6, 6.07) is 17.3. The Bertz CT molecular complexity index is 748. The third kappa shape index (κ3) is 3.11. The van der Waals surface area contributed by atoms with Crippen molar-refractivity contribution < 1.29 is 4.79 Å². The molecule has 0 aliphatic heterocycles. The SMILES string of the molecule is O=C(Cn1ccnc1-c1ccccc1)c1ccc(Br)cc1. The average Bonchev–Trinajstić information content (AvgIpc) is 2.97. The molecule has 0 aliphatic rings. The number of nitrogens with zero attached hydrogens (tertiary/aromatic N) is 2. The van der Waals surface area contributed by atoms with Gasteiger partial charge in [-0.1, -0.05) is 58.4 Å². The Morgan fingerprint density at radius 3 is 2.48 bits per heavy atom. The van der Waals surface area contributed by atoms with E-state index in [1.54, 1.807) is 6.20 Å². The van der Waals surface area contributed by atoms with Gasteiger partial charge in [-0.05, 0) is 12.1 Å². The van der Waals surface area contributed by atoms with Crippen molar-refractivity contribution in [2.24, 2.45) is 0 Å². The zero-order chi connectivity index (χ0) is 14.7. The van der Waals surface area contributed by atoms with Crippen LogP contribution in [0.25, 0.3) is 11.4 Å². The van der Waals surface area contributed by atoms with Gasteiger partial charge in [-0.3, -0.25) is 4.79 Å². The lowest BCUT2D eigenvalue weighted by molar-refractivity contribution is 0.0972. The smallest absolute Gasteiger partial charge is 0.182 e. The first-order valence-corrected chi connectivity index (χ1v) is 7.38. The van der Waals surface area contributed by atoms with E-state index in [0.717, 1.165) is 15.9 Å². The molecular formula is C17H13BrN2O. The molecule has 0 atom stereocenters. The third-order valence-corrected chi connectivity index (χ3v) is 3.76. The third-order valence-electron chi connectivity index (χ3n) is 3.23. The summed E-state index contributed by atoms with van der Waals surface area (Å²) in [6.45, 7) is 0.284. The number of carbonyl (C=O) groups is 1. The topological polar surface area (TPSA) is 34.9 Å². The van der Waals surface area contributed by atoms with Crippen molar-refractivity contribution in [2.45, 2.75) is 6.54 Å². The molecule has 0 saturated heterocycles. The highest BCUT2D eigenvalue weighted by Gasteiger charge is 2.11. The summed E-state index contributed by atoms with van der Waals surface area (Å²) in [6.07, 6.45) is 3.55. The van der Waals surface area contributed by atoms with Crippen LogP contribution >= 0.6 is 15.9 Å². The van der Waals surface area contributed by atoms with Crippen LogP contribution in [0.4, 0.5) is 0 Å². The van der Waals surface area contributed by atoms with Crippen molar-refractivity contribution in [2.75, 3.05) is 0 Å². The number of aromatic nitrogens is 2. The number of hydrogen-bond donors (Lipinski definition) is 0. The fraction of sp³-hybridized carbons (Fsp3) is 0.0588. The first-order valence-electron chi connectivity index (χ1n) is 6.59. The second-order valence-electron chi connectivity index (χ2n) is 4.67. The largest absolute Gasteiger partial charge is 0.323 e. The van der Waals surface area contributed by atoms with E-state index in [2.05, 4.69) is 20.9 Å². The van der Waals surface area contributed by atoms with Crippen molar-refractivity contribution in [1.29, 1.82) is 0 Å². The van der Waals surface area contributed by atoms with Crippen molar-refractivity contribution in [1.82, 2.24) is 9.55 Å². The second kappa shape index (κ2) is 6.06. The highest BCUT2D eigenvalue weighted by atomic mass is 79.9. The number of carbonyl (C=O) groups excluding carboxylic acids is 1. The van der Waals surface area contributed by atoms with Crippen molar-refractivity contribution in [3.8, 4) is 11.4 Å². The van der Waals surface area contributed by atoms with Gasteiger partial charge >= 0.3 is 0 Å². The lowest BCUT2D eigenvalue weighted by atomic mass is 10.1. The van der Waals surface area contributed by atoms with Crippen LogP contribution in [0.2, 0.25) is 0 Å². The number of rotatable bonds is 4. The summed E-state index contributed by atoms with van der Waals surface area (Å²) in [4.78, 5) is 16.7. The van der Waals surface area contributed by atoms with Crippen LogP contribution in [-0.4, -0.2) is 15.3 Å².